The zero-order valence-corrected chi connectivity index (χ0v) is 26.9. The second-order valence-electron chi connectivity index (χ2n) is 11.8. The van der Waals surface area contributed by atoms with Crippen molar-refractivity contribution in [1.82, 2.24) is 10.3 Å². The van der Waals surface area contributed by atoms with Gasteiger partial charge in [-0.3, -0.25) is 9.78 Å². The number of nitrogens with zero attached hydrogens (tertiary/aromatic N) is 2. The number of carbonyl (C=O) groups is 1. The summed E-state index contributed by atoms with van der Waals surface area (Å²) in [5.41, 5.74) is 5.83. The molecule has 1 fully saturated rings. The van der Waals surface area contributed by atoms with Gasteiger partial charge in [-0.1, -0.05) is 19.1 Å². The van der Waals surface area contributed by atoms with E-state index < -0.39 is 6.10 Å². The van der Waals surface area contributed by atoms with Crippen LogP contribution >= 0.6 is 0 Å². The highest BCUT2D eigenvalue weighted by atomic mass is 16.5. The number of fused-ring (bicyclic) bond motifs is 1. The van der Waals surface area contributed by atoms with Gasteiger partial charge in [0.25, 0.3) is 5.91 Å². The number of methoxy groups -OCH3 is 1. The van der Waals surface area contributed by atoms with Crippen LogP contribution in [0.4, 0.5) is 0 Å². The lowest BCUT2D eigenvalue weighted by molar-refractivity contribution is 0.0640. The zero-order chi connectivity index (χ0) is 32.5. The number of hydrogen-bond donors (Lipinski definition) is 2. The third-order valence-electron chi connectivity index (χ3n) is 8.73. The molecule has 0 bridgehead atoms. The zero-order valence-electron chi connectivity index (χ0n) is 26.9. The summed E-state index contributed by atoms with van der Waals surface area (Å²) >= 11 is 0. The first kappa shape index (κ1) is 33.1. The van der Waals surface area contributed by atoms with Crippen LogP contribution in [-0.2, 0) is 15.9 Å². The minimum absolute atomic E-state index is 0.282. The fourth-order valence-corrected chi connectivity index (χ4v) is 5.99. The minimum Gasteiger partial charge on any atom is -0.496 e. The Morgan fingerprint density at radius 2 is 1.96 bits per heavy atom. The van der Waals surface area contributed by atoms with Crippen molar-refractivity contribution in [3.8, 4) is 34.3 Å². The second-order valence-corrected chi connectivity index (χ2v) is 11.8. The molecule has 242 valence electrons. The predicted octanol–water partition coefficient (Wildman–Crippen LogP) is 6.70. The molecule has 2 aromatic carbocycles. The SMILES string of the molecule is CCOCC(CC(O)CC)NC(=O)c1ccc(-c2cc3nccc(-c4ccc(CCC5CCOCC5)c(C#N)c4)c3o2)c(OC)c1. The Labute approximate surface area is 270 Å². The van der Waals surface area contributed by atoms with Crippen LogP contribution in [0, 0.1) is 17.2 Å². The van der Waals surface area contributed by atoms with Gasteiger partial charge >= 0.3 is 0 Å². The number of benzene rings is 2. The number of aliphatic hydroxyl groups excluding tert-OH is 1. The predicted molar refractivity (Wildman–Crippen MR) is 177 cm³/mol. The highest BCUT2D eigenvalue weighted by Gasteiger charge is 2.21. The molecule has 9 heteroatoms. The average molecular weight is 626 g/mol. The molecule has 2 aromatic heterocycles. The standard InChI is InChI=1S/C37H43N3O6/c1-4-30(41)20-29(23-44-5-2)40-37(42)27-10-11-32(34(19-27)43-3)35-21-33-36(46-35)31(12-15-39-33)26-9-8-25(28(18-26)22-38)7-6-24-13-16-45-17-14-24/h8-12,15,18-19,21,24,29-30,41H,4-7,13-14,16-17,20,23H2,1-3H3,(H,40,42). The molecule has 4 aromatic rings. The van der Waals surface area contributed by atoms with Gasteiger partial charge in [0.05, 0.1) is 43.1 Å². The Bertz CT molecular complexity index is 1670. The molecule has 2 N–H and O–H groups in total. The summed E-state index contributed by atoms with van der Waals surface area (Å²) < 4.78 is 23.1. The second kappa shape index (κ2) is 15.9. The van der Waals surface area contributed by atoms with Crippen LogP contribution in [0.1, 0.15) is 67.4 Å². The lowest BCUT2D eigenvalue weighted by Gasteiger charge is -2.22. The third kappa shape index (κ3) is 7.94. The molecule has 9 nitrogen and oxygen atoms in total. The van der Waals surface area contributed by atoms with Crippen molar-refractivity contribution in [2.75, 3.05) is 33.5 Å². The molecule has 3 heterocycles. The first-order valence-electron chi connectivity index (χ1n) is 16.2. The fraction of sp³-hybridized carbons (Fsp3) is 0.432. The molecule has 5 rings (SSSR count). The van der Waals surface area contributed by atoms with E-state index in [4.69, 9.17) is 18.6 Å². The van der Waals surface area contributed by atoms with E-state index in [-0.39, 0.29) is 11.9 Å². The Kier molecular flexibility index (Phi) is 11.4. The normalized spacial score (nSPS) is 14.9. The van der Waals surface area contributed by atoms with Gasteiger partial charge in [0.15, 0.2) is 5.58 Å². The average Bonchev–Trinajstić information content (AvgIpc) is 3.54. The van der Waals surface area contributed by atoms with Crippen molar-refractivity contribution < 1.29 is 28.5 Å². The molecule has 0 spiro atoms. The molecule has 46 heavy (non-hydrogen) atoms. The maximum atomic E-state index is 13.2. The molecule has 1 saturated heterocycles. The quantitative estimate of drug-likeness (QED) is 0.159. The van der Waals surface area contributed by atoms with Gasteiger partial charge in [-0.2, -0.15) is 5.26 Å². The first-order chi connectivity index (χ1) is 22.4. The summed E-state index contributed by atoms with van der Waals surface area (Å²) in [6, 6.07) is 17.1. The number of aliphatic hydroxyl groups is 1. The summed E-state index contributed by atoms with van der Waals surface area (Å²) in [6.07, 6.45) is 6.28. The number of nitrogens with one attached hydrogen (secondary N) is 1. The van der Waals surface area contributed by atoms with E-state index in [1.807, 2.05) is 38.1 Å². The summed E-state index contributed by atoms with van der Waals surface area (Å²) in [7, 11) is 1.55. The van der Waals surface area contributed by atoms with Crippen molar-refractivity contribution in [1.29, 1.82) is 5.26 Å². The van der Waals surface area contributed by atoms with E-state index in [1.54, 1.807) is 31.5 Å². The monoisotopic (exact) mass is 625 g/mol. The van der Waals surface area contributed by atoms with E-state index in [2.05, 4.69) is 22.4 Å². The number of aromatic nitrogens is 1. The number of ether oxygens (including phenoxy) is 3. The number of hydrogen-bond acceptors (Lipinski definition) is 8. The number of rotatable bonds is 14. The van der Waals surface area contributed by atoms with Crippen molar-refractivity contribution in [3.05, 3.63) is 71.4 Å². The number of furan rings is 1. The van der Waals surface area contributed by atoms with Crippen LogP contribution < -0.4 is 10.1 Å². The molecule has 1 aliphatic rings. The van der Waals surface area contributed by atoms with Crippen molar-refractivity contribution in [3.63, 3.8) is 0 Å². The van der Waals surface area contributed by atoms with Crippen LogP contribution in [0.2, 0.25) is 0 Å². The molecule has 0 radical (unpaired) electrons. The lowest BCUT2D eigenvalue weighted by Crippen LogP contribution is -2.40. The smallest absolute Gasteiger partial charge is 0.251 e. The number of amides is 1. The molecule has 2 atom stereocenters. The molecular formula is C37H43N3O6. The van der Waals surface area contributed by atoms with Gasteiger partial charge in [-0.25, -0.2) is 0 Å². The van der Waals surface area contributed by atoms with E-state index in [9.17, 15) is 15.2 Å². The fourth-order valence-electron chi connectivity index (χ4n) is 5.99. The Hall–Kier alpha value is -4.23. The molecule has 2 unspecified atom stereocenters. The summed E-state index contributed by atoms with van der Waals surface area (Å²) in [5, 5.41) is 23.1. The molecule has 1 amide bonds. The number of carbonyl (C=O) groups excluding carboxylic acids is 1. The van der Waals surface area contributed by atoms with Crippen LogP contribution in [0.15, 0.2) is 59.1 Å². The summed E-state index contributed by atoms with van der Waals surface area (Å²) in [4.78, 5) is 17.7. The van der Waals surface area contributed by atoms with Gasteiger partial charge in [-0.15, -0.1) is 0 Å². The maximum absolute atomic E-state index is 13.2. The van der Waals surface area contributed by atoms with Crippen molar-refractivity contribution in [2.24, 2.45) is 5.92 Å². The number of nitriles is 1. The van der Waals surface area contributed by atoms with Crippen LogP contribution in [-0.4, -0.2) is 61.7 Å². The Morgan fingerprint density at radius 3 is 2.70 bits per heavy atom. The molecule has 1 aliphatic heterocycles. The number of pyridine rings is 1. The van der Waals surface area contributed by atoms with E-state index in [0.717, 1.165) is 55.6 Å². The Morgan fingerprint density at radius 1 is 1.13 bits per heavy atom. The van der Waals surface area contributed by atoms with Crippen molar-refractivity contribution >= 4 is 17.0 Å². The van der Waals surface area contributed by atoms with Crippen LogP contribution in [0.3, 0.4) is 0 Å². The van der Waals surface area contributed by atoms with Gasteiger partial charge in [-0.05, 0) is 92.8 Å². The highest BCUT2D eigenvalue weighted by Crippen LogP contribution is 2.38. The van der Waals surface area contributed by atoms with E-state index in [1.165, 1.54) is 0 Å². The summed E-state index contributed by atoms with van der Waals surface area (Å²) in [6.45, 7) is 6.28. The first-order valence-corrected chi connectivity index (χ1v) is 16.2. The van der Waals surface area contributed by atoms with Gasteiger partial charge in [0.1, 0.15) is 17.0 Å². The topological polar surface area (TPSA) is 127 Å². The van der Waals surface area contributed by atoms with Gasteiger partial charge in [0.2, 0.25) is 0 Å². The molecular weight excluding hydrogens is 582 g/mol. The highest BCUT2D eigenvalue weighted by molar-refractivity contribution is 5.97. The van der Waals surface area contributed by atoms with Gasteiger partial charge in [0, 0.05) is 43.2 Å². The van der Waals surface area contributed by atoms with Crippen LogP contribution in [0.5, 0.6) is 5.75 Å². The maximum Gasteiger partial charge on any atom is 0.251 e. The van der Waals surface area contributed by atoms with E-state index in [0.29, 0.717) is 71.3 Å². The van der Waals surface area contributed by atoms with Crippen LogP contribution in [0.25, 0.3) is 33.6 Å². The Balaban J connectivity index is 1.38. The molecule has 0 saturated carbocycles. The third-order valence-corrected chi connectivity index (χ3v) is 8.73. The largest absolute Gasteiger partial charge is 0.496 e. The minimum atomic E-state index is -0.527. The molecule has 0 aliphatic carbocycles. The summed E-state index contributed by atoms with van der Waals surface area (Å²) in [5.74, 6) is 1.38. The lowest BCUT2D eigenvalue weighted by atomic mass is 9.90. The van der Waals surface area contributed by atoms with E-state index >= 15 is 0 Å². The van der Waals surface area contributed by atoms with Crippen molar-refractivity contribution in [2.45, 2.75) is 64.5 Å². The number of aryl methyl sites for hydroxylation is 1. The van der Waals surface area contributed by atoms with Gasteiger partial charge < -0.3 is 29.1 Å².